The molecule has 30 heavy (non-hydrogen) atoms. The van der Waals surface area contributed by atoms with E-state index in [0.29, 0.717) is 10.9 Å². The Kier molecular flexibility index (Phi) is 5.06. The highest BCUT2D eigenvalue weighted by Crippen LogP contribution is 2.24. The fourth-order valence-electron chi connectivity index (χ4n) is 3.22. The summed E-state index contributed by atoms with van der Waals surface area (Å²) in [5.74, 6) is -0.767. The van der Waals surface area contributed by atoms with Crippen LogP contribution in [0.3, 0.4) is 0 Å². The summed E-state index contributed by atoms with van der Waals surface area (Å²) >= 11 is 0. The molecule has 6 nitrogen and oxygen atoms in total. The minimum Gasteiger partial charge on any atom is -0.423 e. The van der Waals surface area contributed by atoms with E-state index < -0.39 is 17.5 Å². The summed E-state index contributed by atoms with van der Waals surface area (Å²) in [6, 6.07) is 19.0. The molecular weight excluding hydrogens is 382 g/mol. The minimum absolute atomic E-state index is 0.0725. The highest BCUT2D eigenvalue weighted by atomic mass is 16.5. The van der Waals surface area contributed by atoms with Crippen molar-refractivity contribution in [2.45, 2.75) is 19.9 Å². The Bertz CT molecular complexity index is 1330. The monoisotopic (exact) mass is 401 g/mol. The third kappa shape index (κ3) is 3.80. The lowest BCUT2D eigenvalue weighted by molar-refractivity contribution is 0.0736. The van der Waals surface area contributed by atoms with E-state index in [0.717, 1.165) is 10.8 Å². The molecule has 0 saturated heterocycles. The zero-order valence-corrected chi connectivity index (χ0v) is 16.5. The van der Waals surface area contributed by atoms with Gasteiger partial charge in [-0.3, -0.25) is 4.79 Å². The van der Waals surface area contributed by atoms with Crippen molar-refractivity contribution >= 4 is 33.6 Å². The third-order valence-electron chi connectivity index (χ3n) is 4.59. The number of hydrogen-bond donors (Lipinski definition) is 1. The summed E-state index contributed by atoms with van der Waals surface area (Å²) in [6.45, 7) is 3.61. The molecule has 3 aromatic carbocycles. The molecule has 1 aromatic heterocycles. The lowest BCUT2D eigenvalue weighted by Gasteiger charge is -2.09. The molecule has 1 heterocycles. The molecular formula is C24H19NO5. The number of esters is 1. The molecule has 0 bridgehead atoms. The topological polar surface area (TPSA) is 85.6 Å². The first kappa shape index (κ1) is 19.4. The molecule has 4 aromatic rings. The Morgan fingerprint density at radius 2 is 1.67 bits per heavy atom. The van der Waals surface area contributed by atoms with Crippen LogP contribution in [-0.4, -0.2) is 17.9 Å². The summed E-state index contributed by atoms with van der Waals surface area (Å²) in [4.78, 5) is 37.1. The summed E-state index contributed by atoms with van der Waals surface area (Å²) < 4.78 is 10.8. The van der Waals surface area contributed by atoms with Gasteiger partial charge in [-0.15, -0.1) is 0 Å². The zero-order chi connectivity index (χ0) is 21.3. The van der Waals surface area contributed by atoms with Crippen molar-refractivity contribution in [2.24, 2.45) is 0 Å². The largest absolute Gasteiger partial charge is 0.423 e. The summed E-state index contributed by atoms with van der Waals surface area (Å²) in [5, 5.41) is 4.94. The highest BCUT2D eigenvalue weighted by molar-refractivity contribution is 6.05. The second-order valence-electron chi connectivity index (χ2n) is 7.19. The first-order chi connectivity index (χ1) is 14.4. The van der Waals surface area contributed by atoms with Crippen LogP contribution in [0.15, 0.2) is 75.9 Å². The van der Waals surface area contributed by atoms with Gasteiger partial charge in [-0.25, -0.2) is 9.59 Å². The van der Waals surface area contributed by atoms with Crippen molar-refractivity contribution in [2.75, 3.05) is 0 Å². The van der Waals surface area contributed by atoms with Crippen molar-refractivity contribution in [3.05, 3.63) is 88.3 Å². The Morgan fingerprint density at radius 3 is 2.47 bits per heavy atom. The van der Waals surface area contributed by atoms with Crippen LogP contribution in [0, 0.1) is 0 Å². The maximum absolute atomic E-state index is 12.7. The van der Waals surface area contributed by atoms with Gasteiger partial charge in [0.05, 0.1) is 5.56 Å². The standard InChI is InChI=1S/C24H19NO5/c1-14(2)25-22(26)20-12-16-10-11-17(13-21(16)30-24(20)28)29-23(27)19-9-5-7-15-6-3-4-8-18(15)19/h3-14H,1-2H3,(H,25,26). The number of benzene rings is 3. The fourth-order valence-corrected chi connectivity index (χ4v) is 3.22. The number of hydrogen-bond acceptors (Lipinski definition) is 5. The number of fused-ring (bicyclic) bond motifs is 2. The molecule has 0 fully saturated rings. The Hall–Kier alpha value is -3.93. The number of nitrogens with one attached hydrogen (secondary N) is 1. The van der Waals surface area contributed by atoms with E-state index in [1.165, 1.54) is 12.1 Å². The van der Waals surface area contributed by atoms with Crippen LogP contribution >= 0.6 is 0 Å². The van der Waals surface area contributed by atoms with Crippen LogP contribution < -0.4 is 15.7 Å². The molecule has 150 valence electrons. The molecule has 0 unspecified atom stereocenters. The first-order valence-electron chi connectivity index (χ1n) is 9.51. The Morgan fingerprint density at radius 1 is 0.900 bits per heavy atom. The Labute approximate surface area is 172 Å². The van der Waals surface area contributed by atoms with Gasteiger partial charge in [-0.2, -0.15) is 0 Å². The van der Waals surface area contributed by atoms with Crippen LogP contribution in [0.4, 0.5) is 0 Å². The molecule has 6 heteroatoms. The number of carbonyl (C=O) groups is 2. The van der Waals surface area contributed by atoms with Gasteiger partial charge in [-0.1, -0.05) is 36.4 Å². The second kappa shape index (κ2) is 7.83. The van der Waals surface area contributed by atoms with Gasteiger partial charge in [0, 0.05) is 17.5 Å². The maximum Gasteiger partial charge on any atom is 0.349 e. The first-order valence-corrected chi connectivity index (χ1v) is 9.51. The average molecular weight is 401 g/mol. The smallest absolute Gasteiger partial charge is 0.349 e. The van der Waals surface area contributed by atoms with Crippen LogP contribution in [-0.2, 0) is 0 Å². The van der Waals surface area contributed by atoms with E-state index >= 15 is 0 Å². The number of ether oxygens (including phenoxy) is 1. The maximum atomic E-state index is 12.7. The van der Waals surface area contributed by atoms with Crippen LogP contribution in [0.25, 0.3) is 21.7 Å². The number of amides is 1. The molecule has 1 amide bonds. The fraction of sp³-hybridized carbons (Fsp3) is 0.125. The third-order valence-corrected chi connectivity index (χ3v) is 4.59. The average Bonchev–Trinajstić information content (AvgIpc) is 2.72. The van der Waals surface area contributed by atoms with E-state index in [-0.39, 0.29) is 22.9 Å². The van der Waals surface area contributed by atoms with Crippen LogP contribution in [0.5, 0.6) is 5.75 Å². The molecule has 0 aliphatic heterocycles. The van der Waals surface area contributed by atoms with Gasteiger partial charge < -0.3 is 14.5 Å². The second-order valence-corrected chi connectivity index (χ2v) is 7.19. The van der Waals surface area contributed by atoms with Gasteiger partial charge >= 0.3 is 11.6 Å². The molecule has 0 radical (unpaired) electrons. The molecule has 0 aliphatic carbocycles. The molecule has 0 spiro atoms. The SMILES string of the molecule is CC(C)NC(=O)c1cc2ccc(OC(=O)c3cccc4ccccc34)cc2oc1=O. The lowest BCUT2D eigenvalue weighted by atomic mass is 10.0. The van der Waals surface area contributed by atoms with Gasteiger partial charge in [0.25, 0.3) is 5.91 Å². The summed E-state index contributed by atoms with van der Waals surface area (Å²) in [5.41, 5.74) is -0.158. The van der Waals surface area contributed by atoms with Crippen molar-refractivity contribution in [3.8, 4) is 5.75 Å². The van der Waals surface area contributed by atoms with Crippen LogP contribution in [0.2, 0.25) is 0 Å². The molecule has 1 N–H and O–H groups in total. The number of rotatable bonds is 4. The molecule has 0 saturated carbocycles. The van der Waals surface area contributed by atoms with E-state index in [2.05, 4.69) is 5.32 Å². The predicted molar refractivity (Wildman–Crippen MR) is 114 cm³/mol. The Balaban J connectivity index is 1.64. The van der Waals surface area contributed by atoms with Gasteiger partial charge in [0.2, 0.25) is 0 Å². The van der Waals surface area contributed by atoms with Crippen LogP contribution in [0.1, 0.15) is 34.6 Å². The van der Waals surface area contributed by atoms with Crippen molar-refractivity contribution < 1.29 is 18.7 Å². The van der Waals surface area contributed by atoms with Gasteiger partial charge in [-0.05, 0) is 48.9 Å². The molecule has 4 rings (SSSR count). The van der Waals surface area contributed by atoms with E-state index in [9.17, 15) is 14.4 Å². The van der Waals surface area contributed by atoms with E-state index in [1.807, 2.05) is 30.3 Å². The lowest BCUT2D eigenvalue weighted by Crippen LogP contribution is -2.33. The van der Waals surface area contributed by atoms with Crippen molar-refractivity contribution in [3.63, 3.8) is 0 Å². The van der Waals surface area contributed by atoms with Gasteiger partial charge in [0.1, 0.15) is 16.9 Å². The predicted octanol–water partition coefficient (Wildman–Crippen LogP) is 4.30. The molecule has 0 atom stereocenters. The van der Waals surface area contributed by atoms with E-state index in [4.69, 9.17) is 9.15 Å². The van der Waals surface area contributed by atoms with E-state index in [1.54, 1.807) is 38.1 Å². The summed E-state index contributed by atoms with van der Waals surface area (Å²) in [7, 11) is 0. The normalized spacial score (nSPS) is 11.0. The number of carbonyl (C=O) groups excluding carboxylic acids is 2. The quantitative estimate of drug-likeness (QED) is 0.313. The summed E-state index contributed by atoms with van der Waals surface area (Å²) in [6.07, 6.45) is 0. The molecule has 0 aliphatic rings. The minimum atomic E-state index is -0.752. The van der Waals surface area contributed by atoms with Crippen molar-refractivity contribution in [1.29, 1.82) is 0 Å². The van der Waals surface area contributed by atoms with Crippen molar-refractivity contribution in [1.82, 2.24) is 5.32 Å². The van der Waals surface area contributed by atoms with Gasteiger partial charge in [0.15, 0.2) is 0 Å². The highest BCUT2D eigenvalue weighted by Gasteiger charge is 2.16. The zero-order valence-electron chi connectivity index (χ0n) is 16.5.